The molecule has 1 fully saturated rings. The third kappa shape index (κ3) is 2.32. The van der Waals surface area contributed by atoms with Crippen LogP contribution in [0.25, 0.3) is 0 Å². The van der Waals surface area contributed by atoms with Gasteiger partial charge in [0.1, 0.15) is 11.9 Å². The van der Waals surface area contributed by atoms with Crippen molar-refractivity contribution in [2.75, 3.05) is 0 Å². The number of hydrogen-bond donors (Lipinski definition) is 2. The maximum atomic E-state index is 12.2. The number of amides is 1. The Morgan fingerprint density at radius 3 is 2.65 bits per heavy atom. The molecule has 5 heteroatoms. The fraction of sp³-hybridized carbons (Fsp3) is 0.333. The van der Waals surface area contributed by atoms with E-state index in [1.165, 1.54) is 0 Å². The average molecular weight is 270 g/mol. The minimum atomic E-state index is -0.682. The summed E-state index contributed by atoms with van der Waals surface area (Å²) in [6, 6.07) is 9.54. The van der Waals surface area contributed by atoms with E-state index in [2.05, 4.69) is 10.3 Å². The van der Waals surface area contributed by atoms with Gasteiger partial charge in [0.05, 0.1) is 5.54 Å². The highest BCUT2D eigenvalue weighted by atomic mass is 16.2. The number of nitrogens with zero attached hydrogens (tertiary/aromatic N) is 2. The number of rotatable bonds is 4. The molecular weight excluding hydrogens is 252 g/mol. The zero-order valence-electron chi connectivity index (χ0n) is 11.4. The third-order valence-electron chi connectivity index (χ3n) is 3.77. The first-order valence-electron chi connectivity index (χ1n) is 6.72. The summed E-state index contributed by atoms with van der Waals surface area (Å²) >= 11 is 0. The number of aryl methyl sites for hydroxylation is 1. The van der Waals surface area contributed by atoms with Crippen LogP contribution < -0.4 is 11.1 Å². The van der Waals surface area contributed by atoms with Gasteiger partial charge in [-0.1, -0.05) is 30.3 Å². The van der Waals surface area contributed by atoms with Crippen LogP contribution in [0.3, 0.4) is 0 Å². The van der Waals surface area contributed by atoms with Crippen LogP contribution in [0.1, 0.15) is 30.3 Å². The Bertz CT molecular complexity index is 616. The Morgan fingerprint density at radius 2 is 2.10 bits per heavy atom. The van der Waals surface area contributed by atoms with Gasteiger partial charge in [-0.15, -0.1) is 0 Å². The Morgan fingerprint density at radius 1 is 1.40 bits per heavy atom. The van der Waals surface area contributed by atoms with E-state index in [0.29, 0.717) is 0 Å². The quantitative estimate of drug-likeness (QED) is 0.874. The number of carbonyl (C=O) groups excluding carboxylic acids is 1. The maximum absolute atomic E-state index is 12.2. The van der Waals surface area contributed by atoms with E-state index >= 15 is 0 Å². The zero-order chi connectivity index (χ0) is 14.2. The molecule has 0 radical (unpaired) electrons. The van der Waals surface area contributed by atoms with Crippen molar-refractivity contribution in [2.45, 2.75) is 24.4 Å². The van der Waals surface area contributed by atoms with Gasteiger partial charge < -0.3 is 15.6 Å². The van der Waals surface area contributed by atoms with E-state index in [1.807, 2.05) is 48.1 Å². The van der Waals surface area contributed by atoms with Crippen molar-refractivity contribution < 1.29 is 4.79 Å². The molecule has 1 aliphatic carbocycles. The van der Waals surface area contributed by atoms with Crippen LogP contribution >= 0.6 is 0 Å². The van der Waals surface area contributed by atoms with E-state index in [1.54, 1.807) is 6.20 Å². The maximum Gasteiger partial charge on any atom is 0.240 e. The number of nitrogens with two attached hydrogens (primary N) is 1. The first-order chi connectivity index (χ1) is 9.60. The molecule has 0 bridgehead atoms. The summed E-state index contributed by atoms with van der Waals surface area (Å²) in [5, 5.41) is 3.03. The number of carbonyl (C=O) groups is 1. The number of hydrogen-bond acceptors (Lipinski definition) is 3. The van der Waals surface area contributed by atoms with Crippen LogP contribution in [0, 0.1) is 0 Å². The molecule has 0 aliphatic heterocycles. The second kappa shape index (κ2) is 4.76. The lowest BCUT2D eigenvalue weighted by Crippen LogP contribution is -2.44. The molecule has 1 amide bonds. The van der Waals surface area contributed by atoms with Gasteiger partial charge in [0.25, 0.3) is 0 Å². The lowest BCUT2D eigenvalue weighted by molar-refractivity contribution is -0.123. The second-order valence-electron chi connectivity index (χ2n) is 5.37. The zero-order valence-corrected chi connectivity index (χ0v) is 11.4. The minimum absolute atomic E-state index is 0.102. The van der Waals surface area contributed by atoms with Crippen molar-refractivity contribution in [3.8, 4) is 0 Å². The first kappa shape index (κ1) is 12.9. The van der Waals surface area contributed by atoms with Crippen molar-refractivity contribution in [1.82, 2.24) is 14.9 Å². The Kier molecular flexibility index (Phi) is 3.06. The Labute approximate surface area is 117 Å². The molecule has 1 unspecified atom stereocenters. The second-order valence-corrected chi connectivity index (χ2v) is 5.37. The van der Waals surface area contributed by atoms with Gasteiger partial charge in [0.2, 0.25) is 5.91 Å². The minimum Gasteiger partial charge on any atom is -0.340 e. The Balaban J connectivity index is 1.92. The molecule has 1 aromatic heterocycles. The van der Waals surface area contributed by atoms with Gasteiger partial charge in [0.15, 0.2) is 0 Å². The summed E-state index contributed by atoms with van der Waals surface area (Å²) in [7, 11) is 1.92. The number of imidazole rings is 1. The highest BCUT2D eigenvalue weighted by Gasteiger charge is 2.46. The summed E-state index contributed by atoms with van der Waals surface area (Å²) in [6.45, 7) is 0. The molecule has 1 saturated carbocycles. The van der Waals surface area contributed by atoms with Gasteiger partial charge in [-0.25, -0.2) is 4.98 Å². The fourth-order valence-electron chi connectivity index (χ4n) is 2.23. The van der Waals surface area contributed by atoms with Crippen LogP contribution in [-0.4, -0.2) is 21.0 Å². The molecule has 1 atom stereocenters. The molecule has 0 saturated heterocycles. The third-order valence-corrected chi connectivity index (χ3v) is 3.77. The van der Waals surface area contributed by atoms with Crippen LogP contribution in [0.4, 0.5) is 0 Å². The monoisotopic (exact) mass is 270 g/mol. The molecular formula is C15H18N4O. The molecule has 1 heterocycles. The molecule has 3 N–H and O–H groups in total. The van der Waals surface area contributed by atoms with Crippen LogP contribution in [0.2, 0.25) is 0 Å². The van der Waals surface area contributed by atoms with Gasteiger partial charge in [-0.2, -0.15) is 0 Å². The van der Waals surface area contributed by atoms with Gasteiger partial charge in [-0.05, 0) is 18.4 Å². The molecule has 2 aromatic rings. The van der Waals surface area contributed by atoms with Crippen LogP contribution in [0.5, 0.6) is 0 Å². The van der Waals surface area contributed by atoms with Crippen molar-refractivity contribution in [3.05, 3.63) is 54.1 Å². The Hall–Kier alpha value is -2.14. The van der Waals surface area contributed by atoms with Crippen LogP contribution in [0.15, 0.2) is 42.7 Å². The highest BCUT2D eigenvalue weighted by molar-refractivity contribution is 5.89. The number of nitrogens with one attached hydrogen (secondary N) is 1. The summed E-state index contributed by atoms with van der Waals surface area (Å²) in [5.41, 5.74) is 6.29. The largest absolute Gasteiger partial charge is 0.340 e. The highest BCUT2D eigenvalue weighted by Crippen LogP contribution is 2.33. The molecule has 1 aliphatic rings. The standard InChI is InChI=1S/C15H18N4O/c1-19-10-9-17-13(19)12(11-5-3-2-4-6-11)18-14(20)15(16)7-8-15/h2-6,9-10,12H,7-8,16H2,1H3,(H,18,20). The molecule has 0 spiro atoms. The van der Waals surface area contributed by atoms with Crippen molar-refractivity contribution in [3.63, 3.8) is 0 Å². The van der Waals surface area contributed by atoms with Crippen molar-refractivity contribution >= 4 is 5.91 Å². The van der Waals surface area contributed by atoms with E-state index in [-0.39, 0.29) is 11.9 Å². The average Bonchev–Trinajstić information content (AvgIpc) is 3.08. The molecule has 5 nitrogen and oxygen atoms in total. The predicted octanol–water partition coefficient (Wildman–Crippen LogP) is 1.12. The molecule has 20 heavy (non-hydrogen) atoms. The van der Waals surface area contributed by atoms with Crippen molar-refractivity contribution in [2.24, 2.45) is 12.8 Å². The lowest BCUT2D eigenvalue weighted by Gasteiger charge is -2.21. The summed E-state index contributed by atoms with van der Waals surface area (Å²) in [4.78, 5) is 16.6. The SMILES string of the molecule is Cn1ccnc1C(NC(=O)C1(N)CC1)c1ccccc1. The summed E-state index contributed by atoms with van der Waals surface area (Å²) in [5.74, 6) is 0.697. The van der Waals surface area contributed by atoms with E-state index in [4.69, 9.17) is 5.73 Å². The topological polar surface area (TPSA) is 72.9 Å². The number of benzene rings is 1. The normalized spacial score (nSPS) is 17.5. The van der Waals surface area contributed by atoms with E-state index < -0.39 is 5.54 Å². The number of aromatic nitrogens is 2. The van der Waals surface area contributed by atoms with Gasteiger partial charge in [-0.3, -0.25) is 4.79 Å². The van der Waals surface area contributed by atoms with Crippen LogP contribution in [-0.2, 0) is 11.8 Å². The fourth-order valence-corrected chi connectivity index (χ4v) is 2.23. The van der Waals surface area contributed by atoms with E-state index in [9.17, 15) is 4.79 Å². The van der Waals surface area contributed by atoms with Crippen molar-refractivity contribution in [1.29, 1.82) is 0 Å². The van der Waals surface area contributed by atoms with E-state index in [0.717, 1.165) is 24.2 Å². The molecule has 104 valence electrons. The molecule has 1 aromatic carbocycles. The molecule has 3 rings (SSSR count). The lowest BCUT2D eigenvalue weighted by atomic mass is 10.1. The first-order valence-corrected chi connectivity index (χ1v) is 6.72. The summed E-state index contributed by atoms with van der Waals surface area (Å²) in [6.07, 6.45) is 5.10. The smallest absolute Gasteiger partial charge is 0.240 e. The van der Waals surface area contributed by atoms with Gasteiger partial charge >= 0.3 is 0 Å². The predicted molar refractivity (Wildman–Crippen MR) is 75.8 cm³/mol. The van der Waals surface area contributed by atoms with Gasteiger partial charge in [0, 0.05) is 19.4 Å². The summed E-state index contributed by atoms with van der Waals surface area (Å²) < 4.78 is 1.91.